The molecule has 0 fully saturated rings. The van der Waals surface area contributed by atoms with Crippen molar-refractivity contribution in [2.24, 2.45) is 0 Å². The lowest BCUT2D eigenvalue weighted by Crippen LogP contribution is -2.40. The van der Waals surface area contributed by atoms with Gasteiger partial charge in [-0.05, 0) is 72.7 Å². The number of amides is 1. The summed E-state index contributed by atoms with van der Waals surface area (Å²) < 4.78 is 40.4. The summed E-state index contributed by atoms with van der Waals surface area (Å²) in [5.74, 6) is 0.324. The standard InChI is InChI=1S/C22H24F3N5O/c1-13(2)19-27-28-29-30(19)18-11-15(10-16(12-18)20(31)26-21(3,4)5)14-6-8-17(9-7-14)22(23,24)25/h6-13H,1-5H3,(H,26,31). The van der Waals surface area contributed by atoms with Crippen molar-refractivity contribution in [3.63, 3.8) is 0 Å². The minimum Gasteiger partial charge on any atom is -0.347 e. The number of hydrogen-bond acceptors (Lipinski definition) is 4. The van der Waals surface area contributed by atoms with Gasteiger partial charge < -0.3 is 5.32 Å². The van der Waals surface area contributed by atoms with E-state index in [0.717, 1.165) is 12.1 Å². The molecule has 0 atom stereocenters. The maximum absolute atomic E-state index is 12.9. The van der Waals surface area contributed by atoms with E-state index in [1.807, 2.05) is 34.6 Å². The first kappa shape index (κ1) is 22.5. The number of alkyl halides is 3. The number of hydrogen-bond donors (Lipinski definition) is 1. The highest BCUT2D eigenvalue weighted by molar-refractivity contribution is 5.96. The van der Waals surface area contributed by atoms with Gasteiger partial charge in [-0.1, -0.05) is 26.0 Å². The monoisotopic (exact) mass is 431 g/mol. The van der Waals surface area contributed by atoms with E-state index >= 15 is 0 Å². The van der Waals surface area contributed by atoms with Gasteiger partial charge in [0.15, 0.2) is 5.82 Å². The zero-order valence-corrected chi connectivity index (χ0v) is 17.9. The van der Waals surface area contributed by atoms with E-state index in [0.29, 0.717) is 28.2 Å². The van der Waals surface area contributed by atoms with Gasteiger partial charge in [-0.3, -0.25) is 4.79 Å². The van der Waals surface area contributed by atoms with Gasteiger partial charge in [0.1, 0.15) is 0 Å². The summed E-state index contributed by atoms with van der Waals surface area (Å²) in [6.45, 7) is 9.47. The van der Waals surface area contributed by atoms with Gasteiger partial charge in [0.25, 0.3) is 5.91 Å². The number of aromatic nitrogens is 4. The maximum Gasteiger partial charge on any atom is 0.416 e. The molecule has 0 unspecified atom stereocenters. The van der Waals surface area contributed by atoms with Crippen LogP contribution in [0.4, 0.5) is 13.2 Å². The Morgan fingerprint density at radius 3 is 2.19 bits per heavy atom. The van der Waals surface area contributed by atoms with Gasteiger partial charge in [0.2, 0.25) is 0 Å². The zero-order chi connectivity index (χ0) is 23.0. The van der Waals surface area contributed by atoms with Crippen LogP contribution in [-0.4, -0.2) is 31.7 Å². The molecule has 6 nitrogen and oxygen atoms in total. The Morgan fingerprint density at radius 2 is 1.65 bits per heavy atom. The Labute approximate surface area is 178 Å². The highest BCUT2D eigenvalue weighted by Gasteiger charge is 2.30. The lowest BCUT2D eigenvalue weighted by atomic mass is 9.99. The van der Waals surface area contributed by atoms with E-state index < -0.39 is 17.3 Å². The van der Waals surface area contributed by atoms with Gasteiger partial charge in [-0.2, -0.15) is 17.9 Å². The molecule has 0 radical (unpaired) electrons. The molecule has 0 aliphatic carbocycles. The normalized spacial score (nSPS) is 12.3. The largest absolute Gasteiger partial charge is 0.416 e. The van der Waals surface area contributed by atoms with Crippen LogP contribution in [-0.2, 0) is 6.18 Å². The number of nitrogens with zero attached hydrogens (tertiary/aromatic N) is 4. The van der Waals surface area contributed by atoms with Crippen LogP contribution in [0.15, 0.2) is 42.5 Å². The molecule has 0 bridgehead atoms. The second-order valence-corrected chi connectivity index (χ2v) is 8.65. The Balaban J connectivity index is 2.13. The van der Waals surface area contributed by atoms with Crippen LogP contribution in [0, 0.1) is 0 Å². The van der Waals surface area contributed by atoms with Crippen LogP contribution in [0.1, 0.15) is 62.3 Å². The van der Waals surface area contributed by atoms with Crippen molar-refractivity contribution in [1.82, 2.24) is 25.5 Å². The van der Waals surface area contributed by atoms with E-state index in [2.05, 4.69) is 20.8 Å². The van der Waals surface area contributed by atoms with E-state index in [1.165, 1.54) is 16.8 Å². The lowest BCUT2D eigenvalue weighted by Gasteiger charge is -2.21. The fourth-order valence-corrected chi connectivity index (χ4v) is 3.03. The molecule has 1 aromatic heterocycles. The van der Waals surface area contributed by atoms with Crippen molar-refractivity contribution in [1.29, 1.82) is 0 Å². The molecule has 9 heteroatoms. The van der Waals surface area contributed by atoms with Crippen molar-refractivity contribution < 1.29 is 18.0 Å². The summed E-state index contributed by atoms with van der Waals surface area (Å²) in [7, 11) is 0. The minimum absolute atomic E-state index is 0.0246. The molecule has 0 aliphatic rings. The molecule has 0 spiro atoms. The molecule has 164 valence electrons. The number of rotatable bonds is 4. The van der Waals surface area contributed by atoms with E-state index in [9.17, 15) is 18.0 Å². The summed E-state index contributed by atoms with van der Waals surface area (Å²) in [5.41, 5.74) is 0.826. The highest BCUT2D eigenvalue weighted by atomic mass is 19.4. The first-order chi connectivity index (χ1) is 14.3. The Bertz CT molecular complexity index is 1080. The van der Waals surface area contributed by atoms with Gasteiger partial charge in [-0.25, -0.2) is 0 Å². The zero-order valence-electron chi connectivity index (χ0n) is 17.9. The van der Waals surface area contributed by atoms with Crippen LogP contribution < -0.4 is 5.32 Å². The molecule has 2 aromatic carbocycles. The summed E-state index contributed by atoms with van der Waals surface area (Å²) in [4.78, 5) is 12.8. The van der Waals surface area contributed by atoms with Crippen LogP contribution in [0.5, 0.6) is 0 Å². The topological polar surface area (TPSA) is 72.7 Å². The predicted molar refractivity (Wildman–Crippen MR) is 111 cm³/mol. The van der Waals surface area contributed by atoms with Crippen molar-refractivity contribution in [2.45, 2.75) is 52.3 Å². The second-order valence-electron chi connectivity index (χ2n) is 8.65. The number of nitrogens with one attached hydrogen (secondary N) is 1. The molecular weight excluding hydrogens is 407 g/mol. The fourth-order valence-electron chi connectivity index (χ4n) is 3.03. The Hall–Kier alpha value is -3.23. The average Bonchev–Trinajstić information content (AvgIpc) is 3.16. The summed E-state index contributed by atoms with van der Waals surface area (Å²) >= 11 is 0. The molecule has 31 heavy (non-hydrogen) atoms. The van der Waals surface area contributed by atoms with Gasteiger partial charge >= 0.3 is 6.18 Å². The molecular formula is C22H24F3N5O. The first-order valence-electron chi connectivity index (χ1n) is 9.79. The van der Waals surface area contributed by atoms with E-state index in [1.54, 1.807) is 18.2 Å². The van der Waals surface area contributed by atoms with Crippen LogP contribution in [0.2, 0.25) is 0 Å². The Morgan fingerprint density at radius 1 is 1.00 bits per heavy atom. The number of halogens is 3. The average molecular weight is 431 g/mol. The molecule has 1 heterocycles. The van der Waals surface area contributed by atoms with E-state index in [-0.39, 0.29) is 11.8 Å². The van der Waals surface area contributed by atoms with Gasteiger partial charge in [0, 0.05) is 17.0 Å². The first-order valence-corrected chi connectivity index (χ1v) is 9.79. The molecule has 1 N–H and O–H groups in total. The maximum atomic E-state index is 12.9. The fraction of sp³-hybridized carbons (Fsp3) is 0.364. The third-order valence-electron chi connectivity index (χ3n) is 4.47. The smallest absolute Gasteiger partial charge is 0.347 e. The van der Waals surface area contributed by atoms with Crippen molar-refractivity contribution in [2.75, 3.05) is 0 Å². The third-order valence-corrected chi connectivity index (χ3v) is 4.47. The molecule has 3 aromatic rings. The molecule has 3 rings (SSSR count). The number of carbonyl (C=O) groups is 1. The van der Waals surface area contributed by atoms with E-state index in [4.69, 9.17) is 0 Å². The summed E-state index contributed by atoms with van der Waals surface area (Å²) in [5, 5.41) is 14.7. The summed E-state index contributed by atoms with van der Waals surface area (Å²) in [6.07, 6.45) is -4.42. The van der Waals surface area contributed by atoms with Crippen molar-refractivity contribution in [3.05, 3.63) is 59.4 Å². The van der Waals surface area contributed by atoms with Crippen LogP contribution in [0.25, 0.3) is 16.8 Å². The van der Waals surface area contributed by atoms with Crippen LogP contribution >= 0.6 is 0 Å². The number of carbonyl (C=O) groups excluding carboxylic acids is 1. The van der Waals surface area contributed by atoms with Crippen molar-refractivity contribution in [3.8, 4) is 16.8 Å². The summed E-state index contributed by atoms with van der Waals surface area (Å²) in [6, 6.07) is 9.87. The highest BCUT2D eigenvalue weighted by Crippen LogP contribution is 2.32. The predicted octanol–water partition coefficient (Wildman–Crippen LogP) is 5.00. The number of tetrazole rings is 1. The van der Waals surface area contributed by atoms with Crippen LogP contribution in [0.3, 0.4) is 0 Å². The molecule has 1 amide bonds. The number of benzene rings is 2. The minimum atomic E-state index is -4.42. The van der Waals surface area contributed by atoms with Crippen molar-refractivity contribution >= 4 is 5.91 Å². The van der Waals surface area contributed by atoms with Gasteiger partial charge in [-0.15, -0.1) is 5.10 Å². The third kappa shape index (κ3) is 5.28. The quantitative estimate of drug-likeness (QED) is 0.631. The second kappa shape index (κ2) is 8.13. The SMILES string of the molecule is CC(C)c1nnnn1-c1cc(C(=O)NC(C)(C)C)cc(-c2ccc(C(F)(F)F)cc2)c1. The van der Waals surface area contributed by atoms with Gasteiger partial charge in [0.05, 0.1) is 11.3 Å². The molecule has 0 saturated heterocycles. The molecule has 0 saturated carbocycles. The Kier molecular flexibility index (Phi) is 5.89. The molecule has 0 aliphatic heterocycles. The lowest BCUT2D eigenvalue weighted by molar-refractivity contribution is -0.137.